The summed E-state index contributed by atoms with van der Waals surface area (Å²) in [4.78, 5) is 29.3. The summed E-state index contributed by atoms with van der Waals surface area (Å²) in [5, 5.41) is 11.5. The summed E-state index contributed by atoms with van der Waals surface area (Å²) >= 11 is 0. The van der Waals surface area contributed by atoms with Crippen molar-refractivity contribution in [2.75, 3.05) is 32.7 Å². The number of hydrogen-bond donors (Lipinski definition) is 1. The van der Waals surface area contributed by atoms with E-state index in [1.807, 2.05) is 0 Å². The van der Waals surface area contributed by atoms with Crippen LogP contribution in [0.2, 0.25) is 0 Å². The van der Waals surface area contributed by atoms with Crippen LogP contribution >= 0.6 is 0 Å². The Morgan fingerprint density at radius 1 is 1.29 bits per heavy atom. The van der Waals surface area contributed by atoms with E-state index in [1.54, 1.807) is 17.0 Å². The summed E-state index contributed by atoms with van der Waals surface area (Å²) < 4.78 is 11.0. The van der Waals surface area contributed by atoms with Crippen molar-refractivity contribution in [2.24, 2.45) is 23.2 Å². The van der Waals surface area contributed by atoms with E-state index in [-0.39, 0.29) is 35.2 Å². The first-order valence-corrected chi connectivity index (χ1v) is 11.5. The highest BCUT2D eigenvalue weighted by atomic mass is 16.6. The van der Waals surface area contributed by atoms with Gasteiger partial charge in [0, 0.05) is 50.5 Å². The van der Waals surface area contributed by atoms with Crippen molar-refractivity contribution in [3.63, 3.8) is 0 Å². The Labute approximate surface area is 183 Å². The minimum absolute atomic E-state index is 0.0915. The first kappa shape index (κ1) is 20.8. The molecule has 1 saturated carbocycles. The van der Waals surface area contributed by atoms with E-state index in [4.69, 9.17) is 9.15 Å². The number of allylic oxidation sites excluding steroid dienone is 1. The monoisotopic (exact) mass is 428 g/mol. The molecule has 168 valence electrons. The summed E-state index contributed by atoms with van der Waals surface area (Å²) in [6.45, 7) is 7.55. The Morgan fingerprint density at radius 2 is 2.06 bits per heavy atom. The number of rotatable bonds is 3. The lowest BCUT2D eigenvalue weighted by Crippen LogP contribution is -2.55. The number of piperazine rings is 1. The zero-order valence-electron chi connectivity index (χ0n) is 18.3. The van der Waals surface area contributed by atoms with Gasteiger partial charge in [-0.05, 0) is 30.9 Å². The number of carbonyl (C=O) groups excluding carboxylic acids is 2. The molecule has 1 N–H and O–H groups in total. The summed E-state index contributed by atoms with van der Waals surface area (Å²) in [5.41, 5.74) is 0.985. The second-order valence-corrected chi connectivity index (χ2v) is 9.87. The van der Waals surface area contributed by atoms with Crippen molar-refractivity contribution < 1.29 is 23.8 Å². The van der Waals surface area contributed by atoms with E-state index < -0.39 is 6.10 Å². The molecule has 0 radical (unpaired) electrons. The lowest BCUT2D eigenvalue weighted by atomic mass is 9.55. The molecule has 31 heavy (non-hydrogen) atoms. The highest BCUT2D eigenvalue weighted by Gasteiger charge is 2.59. The molecule has 5 rings (SSSR count). The highest BCUT2D eigenvalue weighted by Crippen LogP contribution is 2.56. The molecule has 4 aliphatic rings. The van der Waals surface area contributed by atoms with Crippen LogP contribution in [0.3, 0.4) is 0 Å². The number of furan rings is 1. The molecule has 0 aromatic carbocycles. The van der Waals surface area contributed by atoms with Gasteiger partial charge in [-0.2, -0.15) is 0 Å². The molecule has 1 aromatic rings. The van der Waals surface area contributed by atoms with Crippen LogP contribution in [0.25, 0.3) is 0 Å². The van der Waals surface area contributed by atoms with Crippen LogP contribution < -0.4 is 0 Å². The van der Waals surface area contributed by atoms with E-state index in [9.17, 15) is 14.7 Å². The topological polar surface area (TPSA) is 83.2 Å². The van der Waals surface area contributed by atoms with Gasteiger partial charge in [-0.25, -0.2) is 0 Å². The second kappa shape index (κ2) is 7.78. The standard InChI is InChI=1S/C24H32N2O5/c1-15-5-3-6-16-13-19-20(21(27)24(15,16)2)17(23(29)31-19)14-25-8-10-26(11-9-25)22(28)18-7-4-12-30-18/h4,6-7,12,15,17,19-21,27H,3,5,8-11,13-14H2,1-2H3/t15-,17?,19+,20+,21-,24+/m0/s1. The molecule has 3 fully saturated rings. The lowest BCUT2D eigenvalue weighted by Gasteiger charge is -2.52. The molecular weight excluding hydrogens is 396 g/mol. The first-order chi connectivity index (χ1) is 14.9. The molecule has 2 saturated heterocycles. The fraction of sp³-hybridized carbons (Fsp3) is 0.667. The van der Waals surface area contributed by atoms with Crippen LogP contribution in [0.4, 0.5) is 0 Å². The van der Waals surface area contributed by atoms with Crippen LogP contribution in [0.15, 0.2) is 34.5 Å². The summed E-state index contributed by atoms with van der Waals surface area (Å²) in [7, 11) is 0. The van der Waals surface area contributed by atoms with Crippen LogP contribution in [0, 0.1) is 23.2 Å². The molecule has 2 aliphatic carbocycles. The van der Waals surface area contributed by atoms with E-state index in [1.165, 1.54) is 11.8 Å². The number of carbonyl (C=O) groups is 2. The van der Waals surface area contributed by atoms with Crippen molar-refractivity contribution in [1.82, 2.24) is 9.80 Å². The van der Waals surface area contributed by atoms with Crippen molar-refractivity contribution >= 4 is 11.9 Å². The predicted molar refractivity (Wildman–Crippen MR) is 113 cm³/mol. The van der Waals surface area contributed by atoms with E-state index in [2.05, 4.69) is 24.8 Å². The number of aliphatic hydroxyl groups excluding tert-OH is 1. The zero-order chi connectivity index (χ0) is 21.8. The SMILES string of the molecule is C[C@H]1CCC=C2C[C@H]3OC(=O)C(CN4CCN(C(=O)c5ccco5)CC4)[C@H]3[C@H](O)[C@@]21C. The molecule has 0 spiro atoms. The van der Waals surface area contributed by atoms with Crippen LogP contribution in [0.1, 0.15) is 43.7 Å². The maximum atomic E-state index is 12.8. The normalized spacial score (nSPS) is 38.3. The van der Waals surface area contributed by atoms with E-state index in [0.717, 1.165) is 19.3 Å². The van der Waals surface area contributed by atoms with Crippen molar-refractivity contribution in [3.8, 4) is 0 Å². The number of nitrogens with zero attached hydrogens (tertiary/aromatic N) is 2. The number of ether oxygens (including phenoxy) is 1. The summed E-state index contributed by atoms with van der Waals surface area (Å²) in [6, 6.07) is 3.40. The lowest BCUT2D eigenvalue weighted by molar-refractivity contribution is -0.145. The van der Waals surface area contributed by atoms with Gasteiger partial charge in [0.05, 0.1) is 18.3 Å². The van der Waals surface area contributed by atoms with Crippen LogP contribution in [-0.2, 0) is 9.53 Å². The molecule has 1 unspecified atom stereocenters. The average molecular weight is 429 g/mol. The summed E-state index contributed by atoms with van der Waals surface area (Å²) in [5.74, 6) is -0.0154. The largest absolute Gasteiger partial charge is 0.461 e. The Hall–Kier alpha value is -2.12. The average Bonchev–Trinajstić information content (AvgIpc) is 3.39. The molecule has 1 aromatic heterocycles. The van der Waals surface area contributed by atoms with Gasteiger partial charge in [-0.1, -0.05) is 25.5 Å². The molecule has 6 atom stereocenters. The van der Waals surface area contributed by atoms with Gasteiger partial charge in [0.1, 0.15) is 6.10 Å². The number of fused-ring (bicyclic) bond motifs is 2. The van der Waals surface area contributed by atoms with Gasteiger partial charge >= 0.3 is 5.97 Å². The molecule has 1 amide bonds. The van der Waals surface area contributed by atoms with Gasteiger partial charge in [-0.15, -0.1) is 0 Å². The van der Waals surface area contributed by atoms with Crippen molar-refractivity contribution in [1.29, 1.82) is 0 Å². The van der Waals surface area contributed by atoms with Gasteiger partial charge in [0.15, 0.2) is 5.76 Å². The second-order valence-electron chi connectivity index (χ2n) is 9.87. The van der Waals surface area contributed by atoms with Gasteiger partial charge < -0.3 is 19.2 Å². The van der Waals surface area contributed by atoms with Gasteiger partial charge in [0.25, 0.3) is 5.91 Å². The number of aliphatic hydroxyl groups is 1. The highest BCUT2D eigenvalue weighted by molar-refractivity contribution is 5.91. The number of hydrogen-bond acceptors (Lipinski definition) is 6. The molecule has 2 aliphatic heterocycles. The molecular formula is C24H32N2O5. The minimum Gasteiger partial charge on any atom is -0.461 e. The summed E-state index contributed by atoms with van der Waals surface area (Å²) in [6.07, 6.45) is 5.82. The third-order valence-electron chi connectivity index (χ3n) is 8.42. The molecule has 3 heterocycles. The molecule has 7 heteroatoms. The smallest absolute Gasteiger partial charge is 0.311 e. The zero-order valence-corrected chi connectivity index (χ0v) is 18.3. The Bertz CT molecular complexity index is 873. The number of amides is 1. The molecule has 7 nitrogen and oxygen atoms in total. The fourth-order valence-corrected chi connectivity index (χ4v) is 6.24. The molecule has 0 bridgehead atoms. The van der Waals surface area contributed by atoms with Crippen molar-refractivity contribution in [3.05, 3.63) is 35.8 Å². The minimum atomic E-state index is -0.578. The van der Waals surface area contributed by atoms with E-state index >= 15 is 0 Å². The Morgan fingerprint density at radius 3 is 2.77 bits per heavy atom. The van der Waals surface area contributed by atoms with Gasteiger partial charge in [0.2, 0.25) is 0 Å². The third kappa shape index (κ3) is 3.33. The number of esters is 1. The van der Waals surface area contributed by atoms with Crippen LogP contribution in [0.5, 0.6) is 0 Å². The third-order valence-corrected chi connectivity index (χ3v) is 8.42. The van der Waals surface area contributed by atoms with Crippen molar-refractivity contribution in [2.45, 2.75) is 45.3 Å². The van der Waals surface area contributed by atoms with E-state index in [0.29, 0.717) is 44.4 Å². The maximum absolute atomic E-state index is 12.8. The maximum Gasteiger partial charge on any atom is 0.311 e. The fourth-order valence-electron chi connectivity index (χ4n) is 6.24. The van der Waals surface area contributed by atoms with Crippen LogP contribution in [-0.4, -0.2) is 71.7 Å². The quantitative estimate of drug-likeness (QED) is 0.588. The Kier molecular flexibility index (Phi) is 5.21. The Balaban J connectivity index is 1.26. The predicted octanol–water partition coefficient (Wildman–Crippen LogP) is 2.32. The van der Waals surface area contributed by atoms with Gasteiger partial charge in [-0.3, -0.25) is 14.5 Å². The first-order valence-electron chi connectivity index (χ1n) is 11.5.